The maximum atomic E-state index is 6.29. The smallest absolute Gasteiger partial charge is 0.123 e. The molecule has 20 heavy (non-hydrogen) atoms. The molecule has 2 aromatic carbocycles. The van der Waals surface area contributed by atoms with E-state index in [9.17, 15) is 0 Å². The second-order valence-electron chi connectivity index (χ2n) is 5.02. The van der Waals surface area contributed by atoms with Gasteiger partial charge < -0.3 is 10.5 Å². The Hall–Kier alpha value is -1.51. The molecule has 0 fully saturated rings. The minimum absolute atomic E-state index is 0.0795. The van der Waals surface area contributed by atoms with E-state index in [1.807, 2.05) is 18.2 Å². The molecule has 1 unspecified atom stereocenters. The number of hydrogen-bond acceptors (Lipinski definition) is 2. The SMILES string of the molecule is COc1ccc(Cl)cc1C(N)CCc1cccc(C)c1. The van der Waals surface area contributed by atoms with E-state index in [1.165, 1.54) is 11.1 Å². The third kappa shape index (κ3) is 3.75. The predicted molar refractivity (Wildman–Crippen MR) is 84.4 cm³/mol. The largest absolute Gasteiger partial charge is 0.496 e. The zero-order valence-corrected chi connectivity index (χ0v) is 12.7. The van der Waals surface area contributed by atoms with Crippen LogP contribution in [0.3, 0.4) is 0 Å². The lowest BCUT2D eigenvalue weighted by Crippen LogP contribution is -2.12. The Morgan fingerprint density at radius 2 is 2.00 bits per heavy atom. The highest BCUT2D eigenvalue weighted by molar-refractivity contribution is 6.30. The van der Waals surface area contributed by atoms with Gasteiger partial charge in [0.2, 0.25) is 0 Å². The topological polar surface area (TPSA) is 35.2 Å². The van der Waals surface area contributed by atoms with Crippen molar-refractivity contribution in [3.63, 3.8) is 0 Å². The third-order valence-corrected chi connectivity index (χ3v) is 3.65. The van der Waals surface area contributed by atoms with Gasteiger partial charge in [-0.25, -0.2) is 0 Å². The fourth-order valence-corrected chi connectivity index (χ4v) is 2.52. The van der Waals surface area contributed by atoms with Crippen LogP contribution in [-0.4, -0.2) is 7.11 Å². The van der Waals surface area contributed by atoms with E-state index >= 15 is 0 Å². The fourth-order valence-electron chi connectivity index (χ4n) is 2.34. The molecule has 0 heterocycles. The van der Waals surface area contributed by atoms with Crippen LogP contribution in [0.2, 0.25) is 5.02 Å². The van der Waals surface area contributed by atoms with Crippen molar-refractivity contribution in [2.75, 3.05) is 7.11 Å². The molecule has 2 nitrogen and oxygen atoms in total. The van der Waals surface area contributed by atoms with E-state index in [2.05, 4.69) is 31.2 Å². The first-order chi connectivity index (χ1) is 9.60. The summed E-state index contributed by atoms with van der Waals surface area (Å²) in [7, 11) is 1.65. The number of aryl methyl sites for hydroxylation is 2. The number of hydrogen-bond donors (Lipinski definition) is 1. The van der Waals surface area contributed by atoms with Crippen LogP contribution in [0.25, 0.3) is 0 Å². The third-order valence-electron chi connectivity index (χ3n) is 3.42. The van der Waals surface area contributed by atoms with Crippen molar-refractivity contribution in [3.8, 4) is 5.75 Å². The van der Waals surface area contributed by atoms with E-state index in [4.69, 9.17) is 22.1 Å². The maximum absolute atomic E-state index is 6.29. The van der Waals surface area contributed by atoms with Crippen LogP contribution in [0.1, 0.15) is 29.2 Å². The van der Waals surface area contributed by atoms with Crippen molar-refractivity contribution >= 4 is 11.6 Å². The Kier molecular flexibility index (Phi) is 5.05. The van der Waals surface area contributed by atoms with Gasteiger partial charge in [-0.15, -0.1) is 0 Å². The molecule has 0 aliphatic heterocycles. The molecule has 3 heteroatoms. The van der Waals surface area contributed by atoms with Crippen molar-refractivity contribution in [1.82, 2.24) is 0 Å². The van der Waals surface area contributed by atoms with Crippen LogP contribution >= 0.6 is 11.6 Å². The molecule has 2 aromatic rings. The maximum Gasteiger partial charge on any atom is 0.123 e. The molecule has 0 spiro atoms. The Morgan fingerprint density at radius 3 is 2.70 bits per heavy atom. The highest BCUT2D eigenvalue weighted by Gasteiger charge is 2.12. The highest BCUT2D eigenvalue weighted by Crippen LogP contribution is 2.29. The van der Waals surface area contributed by atoms with E-state index in [1.54, 1.807) is 7.11 Å². The highest BCUT2D eigenvalue weighted by atomic mass is 35.5. The lowest BCUT2D eigenvalue weighted by atomic mass is 9.98. The molecule has 0 radical (unpaired) electrons. The van der Waals surface area contributed by atoms with Crippen LogP contribution in [0, 0.1) is 6.92 Å². The molecule has 0 bridgehead atoms. The summed E-state index contributed by atoms with van der Waals surface area (Å²) >= 11 is 6.04. The van der Waals surface area contributed by atoms with E-state index in [-0.39, 0.29) is 6.04 Å². The Balaban J connectivity index is 2.08. The van der Waals surface area contributed by atoms with Gasteiger partial charge in [-0.2, -0.15) is 0 Å². The van der Waals surface area contributed by atoms with Gasteiger partial charge in [-0.1, -0.05) is 41.4 Å². The van der Waals surface area contributed by atoms with Crippen LogP contribution in [0.4, 0.5) is 0 Å². The van der Waals surface area contributed by atoms with Crippen LogP contribution < -0.4 is 10.5 Å². The standard InChI is InChI=1S/C17H20ClNO/c1-12-4-3-5-13(10-12)6-8-16(19)15-11-14(18)7-9-17(15)20-2/h3-5,7,9-11,16H,6,8,19H2,1-2H3. The van der Waals surface area contributed by atoms with Crippen LogP contribution in [0.15, 0.2) is 42.5 Å². The van der Waals surface area contributed by atoms with Gasteiger partial charge in [-0.3, -0.25) is 0 Å². The molecule has 0 saturated carbocycles. The zero-order chi connectivity index (χ0) is 14.5. The number of ether oxygens (including phenoxy) is 1. The summed E-state index contributed by atoms with van der Waals surface area (Å²) in [5.41, 5.74) is 9.83. The first-order valence-corrected chi connectivity index (χ1v) is 7.12. The molecule has 0 aromatic heterocycles. The van der Waals surface area contributed by atoms with Gasteiger partial charge in [0.05, 0.1) is 7.11 Å². The number of nitrogens with two attached hydrogens (primary N) is 1. The zero-order valence-electron chi connectivity index (χ0n) is 11.9. The van der Waals surface area contributed by atoms with Gasteiger partial charge in [0.1, 0.15) is 5.75 Å². The monoisotopic (exact) mass is 289 g/mol. The number of methoxy groups -OCH3 is 1. The first kappa shape index (κ1) is 14.9. The Labute approximate surface area is 125 Å². The summed E-state index contributed by atoms with van der Waals surface area (Å²) in [6.07, 6.45) is 1.80. The summed E-state index contributed by atoms with van der Waals surface area (Å²) in [5, 5.41) is 0.687. The van der Waals surface area contributed by atoms with Crippen molar-refractivity contribution in [3.05, 3.63) is 64.2 Å². The van der Waals surface area contributed by atoms with Crippen LogP contribution in [-0.2, 0) is 6.42 Å². The second kappa shape index (κ2) is 6.78. The lowest BCUT2D eigenvalue weighted by molar-refractivity contribution is 0.404. The normalized spacial score (nSPS) is 12.2. The first-order valence-electron chi connectivity index (χ1n) is 6.74. The minimum Gasteiger partial charge on any atom is -0.496 e. The van der Waals surface area contributed by atoms with Crippen molar-refractivity contribution in [1.29, 1.82) is 0 Å². The average molecular weight is 290 g/mol. The number of rotatable bonds is 5. The second-order valence-corrected chi connectivity index (χ2v) is 5.46. The fraction of sp³-hybridized carbons (Fsp3) is 0.294. The number of halogens is 1. The van der Waals surface area contributed by atoms with Crippen molar-refractivity contribution < 1.29 is 4.74 Å². The van der Waals surface area contributed by atoms with Gasteiger partial charge >= 0.3 is 0 Å². The van der Waals surface area contributed by atoms with Gasteiger partial charge in [0.15, 0.2) is 0 Å². The van der Waals surface area contributed by atoms with E-state index in [0.717, 1.165) is 24.2 Å². The van der Waals surface area contributed by atoms with Gasteiger partial charge in [-0.05, 0) is 43.5 Å². The molecular formula is C17H20ClNO. The van der Waals surface area contributed by atoms with Crippen molar-refractivity contribution in [2.45, 2.75) is 25.8 Å². The molecule has 0 aliphatic carbocycles. The van der Waals surface area contributed by atoms with E-state index < -0.39 is 0 Å². The van der Waals surface area contributed by atoms with E-state index in [0.29, 0.717) is 5.02 Å². The molecule has 2 N–H and O–H groups in total. The molecule has 106 valence electrons. The molecule has 2 rings (SSSR count). The van der Waals surface area contributed by atoms with Crippen molar-refractivity contribution in [2.24, 2.45) is 5.73 Å². The van der Waals surface area contributed by atoms with Gasteiger partial charge in [0.25, 0.3) is 0 Å². The number of benzene rings is 2. The summed E-state index contributed by atoms with van der Waals surface area (Å²) in [4.78, 5) is 0. The van der Waals surface area contributed by atoms with Crippen LogP contribution in [0.5, 0.6) is 5.75 Å². The molecule has 0 aliphatic rings. The lowest BCUT2D eigenvalue weighted by Gasteiger charge is -2.16. The molecule has 0 saturated heterocycles. The van der Waals surface area contributed by atoms with Gasteiger partial charge in [0, 0.05) is 16.6 Å². The predicted octanol–water partition coefficient (Wildman–Crippen LogP) is 4.29. The average Bonchev–Trinajstić information content (AvgIpc) is 2.45. The summed E-state index contributed by atoms with van der Waals surface area (Å²) in [5.74, 6) is 0.797. The Bertz CT molecular complexity index is 583. The summed E-state index contributed by atoms with van der Waals surface area (Å²) in [6, 6.07) is 14.0. The molecular weight excluding hydrogens is 270 g/mol. The Morgan fingerprint density at radius 1 is 1.20 bits per heavy atom. The quantitative estimate of drug-likeness (QED) is 0.891. The minimum atomic E-state index is -0.0795. The molecule has 0 amide bonds. The summed E-state index contributed by atoms with van der Waals surface area (Å²) < 4.78 is 5.35. The molecule has 1 atom stereocenters. The summed E-state index contributed by atoms with van der Waals surface area (Å²) in [6.45, 7) is 2.10.